The highest BCUT2D eigenvalue weighted by Crippen LogP contribution is 2.28. The molecule has 0 fully saturated rings. The maximum Gasteiger partial charge on any atom is 0.122 e. The minimum atomic E-state index is -0.693. The van der Waals surface area contributed by atoms with Crippen molar-refractivity contribution < 1.29 is 5.11 Å². The zero-order valence-electron chi connectivity index (χ0n) is 11.7. The van der Waals surface area contributed by atoms with E-state index in [0.29, 0.717) is 0 Å². The molecule has 2 aromatic carbocycles. The summed E-state index contributed by atoms with van der Waals surface area (Å²) in [4.78, 5) is 4.40. The second-order valence-corrected chi connectivity index (χ2v) is 5.17. The topological polar surface area (TPSA) is 33.1 Å². The van der Waals surface area contributed by atoms with Crippen LogP contribution in [0.3, 0.4) is 0 Å². The molecule has 1 aromatic heterocycles. The molecule has 0 spiro atoms. The van der Waals surface area contributed by atoms with Crippen LogP contribution in [0.4, 0.5) is 0 Å². The normalized spacial score (nSPS) is 12.6. The van der Waals surface area contributed by atoms with E-state index in [9.17, 15) is 5.11 Å². The predicted octanol–water partition coefficient (Wildman–Crippen LogP) is 3.93. The SMILES string of the molecule is Cc1cc2ccnc(C(O)c3ccccc3)c2cc1C. The molecule has 0 radical (unpaired) electrons. The molecule has 3 aromatic rings. The van der Waals surface area contributed by atoms with Crippen LogP contribution >= 0.6 is 0 Å². The monoisotopic (exact) mass is 263 g/mol. The number of aryl methyl sites for hydroxylation is 2. The summed E-state index contributed by atoms with van der Waals surface area (Å²) in [7, 11) is 0. The Labute approximate surface area is 118 Å². The lowest BCUT2D eigenvalue weighted by Gasteiger charge is -2.14. The maximum absolute atomic E-state index is 10.6. The zero-order valence-corrected chi connectivity index (χ0v) is 11.7. The first-order valence-electron chi connectivity index (χ1n) is 6.75. The number of hydrogen-bond donors (Lipinski definition) is 1. The van der Waals surface area contributed by atoms with E-state index in [0.717, 1.165) is 22.0 Å². The van der Waals surface area contributed by atoms with Crippen molar-refractivity contribution in [3.63, 3.8) is 0 Å². The average molecular weight is 263 g/mol. The Morgan fingerprint density at radius 2 is 1.65 bits per heavy atom. The highest BCUT2D eigenvalue weighted by molar-refractivity contribution is 5.86. The van der Waals surface area contributed by atoms with Crippen molar-refractivity contribution in [3.05, 3.63) is 77.1 Å². The Hall–Kier alpha value is -2.19. The largest absolute Gasteiger partial charge is 0.382 e. The number of aromatic nitrogens is 1. The van der Waals surface area contributed by atoms with E-state index in [2.05, 4.69) is 31.0 Å². The first-order valence-corrected chi connectivity index (χ1v) is 6.75. The second kappa shape index (κ2) is 5.06. The third-order valence-electron chi connectivity index (χ3n) is 3.78. The van der Waals surface area contributed by atoms with Gasteiger partial charge in [0.05, 0.1) is 5.69 Å². The fourth-order valence-electron chi connectivity index (χ4n) is 2.48. The van der Waals surface area contributed by atoms with Gasteiger partial charge in [-0.15, -0.1) is 0 Å². The summed E-state index contributed by atoms with van der Waals surface area (Å²) in [5.74, 6) is 0. The van der Waals surface area contributed by atoms with E-state index in [1.165, 1.54) is 11.1 Å². The summed E-state index contributed by atoms with van der Waals surface area (Å²) < 4.78 is 0. The lowest BCUT2D eigenvalue weighted by Crippen LogP contribution is -2.03. The molecule has 0 saturated carbocycles. The molecule has 100 valence electrons. The Bertz CT molecular complexity index is 750. The van der Waals surface area contributed by atoms with Gasteiger partial charge >= 0.3 is 0 Å². The Morgan fingerprint density at radius 1 is 0.950 bits per heavy atom. The van der Waals surface area contributed by atoms with Crippen molar-refractivity contribution in [2.24, 2.45) is 0 Å². The van der Waals surface area contributed by atoms with Gasteiger partial charge in [-0.1, -0.05) is 36.4 Å². The van der Waals surface area contributed by atoms with Crippen LogP contribution in [0.2, 0.25) is 0 Å². The fourth-order valence-corrected chi connectivity index (χ4v) is 2.48. The number of hydrogen-bond acceptors (Lipinski definition) is 2. The fraction of sp³-hybridized carbons (Fsp3) is 0.167. The van der Waals surface area contributed by atoms with Gasteiger partial charge in [0.15, 0.2) is 0 Å². The van der Waals surface area contributed by atoms with Gasteiger partial charge in [-0.3, -0.25) is 4.98 Å². The first-order chi connectivity index (χ1) is 9.66. The minimum Gasteiger partial charge on any atom is -0.382 e. The molecule has 0 bridgehead atoms. The Morgan fingerprint density at radius 3 is 2.40 bits per heavy atom. The van der Waals surface area contributed by atoms with Crippen LogP contribution in [0.25, 0.3) is 10.8 Å². The summed E-state index contributed by atoms with van der Waals surface area (Å²) in [5.41, 5.74) is 4.05. The van der Waals surface area contributed by atoms with Gasteiger partial charge in [0.1, 0.15) is 6.10 Å². The predicted molar refractivity (Wildman–Crippen MR) is 81.7 cm³/mol. The number of benzene rings is 2. The molecule has 1 N–H and O–H groups in total. The second-order valence-electron chi connectivity index (χ2n) is 5.17. The smallest absolute Gasteiger partial charge is 0.122 e. The van der Waals surface area contributed by atoms with E-state index in [-0.39, 0.29) is 0 Å². The lowest BCUT2D eigenvalue weighted by molar-refractivity contribution is 0.217. The molecular formula is C18H17NO. The minimum absolute atomic E-state index is 0.693. The lowest BCUT2D eigenvalue weighted by atomic mass is 9.97. The molecule has 1 heterocycles. The summed E-state index contributed by atoms with van der Waals surface area (Å²) in [6.07, 6.45) is 1.07. The molecule has 1 atom stereocenters. The molecule has 2 heteroatoms. The van der Waals surface area contributed by atoms with E-state index in [4.69, 9.17) is 0 Å². The third kappa shape index (κ3) is 2.19. The summed E-state index contributed by atoms with van der Waals surface area (Å²) in [6.45, 7) is 4.18. The third-order valence-corrected chi connectivity index (χ3v) is 3.78. The van der Waals surface area contributed by atoms with Crippen LogP contribution in [-0.4, -0.2) is 10.1 Å². The van der Waals surface area contributed by atoms with Gasteiger partial charge in [-0.05, 0) is 48.1 Å². The van der Waals surface area contributed by atoms with Gasteiger partial charge in [0, 0.05) is 11.6 Å². The van der Waals surface area contributed by atoms with Crippen LogP contribution in [0.1, 0.15) is 28.5 Å². The van der Waals surface area contributed by atoms with Crippen LogP contribution in [0.5, 0.6) is 0 Å². The molecule has 0 aliphatic heterocycles. The summed E-state index contributed by atoms with van der Waals surface area (Å²) in [5, 5.41) is 12.7. The van der Waals surface area contributed by atoms with Crippen molar-refractivity contribution in [1.82, 2.24) is 4.98 Å². The van der Waals surface area contributed by atoms with E-state index >= 15 is 0 Å². The van der Waals surface area contributed by atoms with Gasteiger partial charge in [-0.25, -0.2) is 0 Å². The van der Waals surface area contributed by atoms with Crippen molar-refractivity contribution in [2.75, 3.05) is 0 Å². The molecule has 0 saturated heterocycles. The van der Waals surface area contributed by atoms with Gasteiger partial charge in [0.2, 0.25) is 0 Å². The van der Waals surface area contributed by atoms with Crippen molar-refractivity contribution in [1.29, 1.82) is 0 Å². The van der Waals surface area contributed by atoms with Gasteiger partial charge in [-0.2, -0.15) is 0 Å². The van der Waals surface area contributed by atoms with E-state index < -0.39 is 6.10 Å². The molecule has 3 rings (SSSR count). The average Bonchev–Trinajstić information content (AvgIpc) is 2.48. The van der Waals surface area contributed by atoms with Crippen molar-refractivity contribution in [2.45, 2.75) is 20.0 Å². The molecule has 1 unspecified atom stereocenters. The molecule has 20 heavy (non-hydrogen) atoms. The Kier molecular flexibility index (Phi) is 3.25. The quantitative estimate of drug-likeness (QED) is 0.760. The summed E-state index contributed by atoms with van der Waals surface area (Å²) in [6, 6.07) is 15.9. The van der Waals surface area contributed by atoms with Crippen molar-refractivity contribution in [3.8, 4) is 0 Å². The number of aliphatic hydroxyl groups excluding tert-OH is 1. The standard InChI is InChI=1S/C18H17NO/c1-12-10-15-8-9-19-17(16(15)11-13(12)2)18(20)14-6-4-3-5-7-14/h3-11,18,20H,1-2H3. The van der Waals surface area contributed by atoms with Gasteiger partial charge < -0.3 is 5.11 Å². The zero-order chi connectivity index (χ0) is 14.1. The highest BCUT2D eigenvalue weighted by atomic mass is 16.3. The number of fused-ring (bicyclic) bond motifs is 1. The van der Waals surface area contributed by atoms with Crippen LogP contribution in [0, 0.1) is 13.8 Å². The molecule has 0 amide bonds. The molecule has 0 aliphatic rings. The van der Waals surface area contributed by atoms with E-state index in [1.807, 2.05) is 36.4 Å². The number of rotatable bonds is 2. The van der Waals surface area contributed by atoms with Crippen LogP contribution in [0.15, 0.2) is 54.7 Å². The van der Waals surface area contributed by atoms with E-state index in [1.54, 1.807) is 6.20 Å². The van der Waals surface area contributed by atoms with Crippen molar-refractivity contribution >= 4 is 10.8 Å². The molecular weight excluding hydrogens is 246 g/mol. The number of aliphatic hydroxyl groups is 1. The molecule has 2 nitrogen and oxygen atoms in total. The Balaban J connectivity index is 2.19. The number of pyridine rings is 1. The molecule has 0 aliphatic carbocycles. The van der Waals surface area contributed by atoms with Crippen LogP contribution < -0.4 is 0 Å². The first kappa shape index (κ1) is 12.8. The number of nitrogens with zero attached hydrogens (tertiary/aromatic N) is 1. The van der Waals surface area contributed by atoms with Crippen LogP contribution in [-0.2, 0) is 0 Å². The maximum atomic E-state index is 10.6. The highest BCUT2D eigenvalue weighted by Gasteiger charge is 2.15. The summed E-state index contributed by atoms with van der Waals surface area (Å²) >= 11 is 0. The van der Waals surface area contributed by atoms with Gasteiger partial charge in [0.25, 0.3) is 0 Å².